The Bertz CT molecular complexity index is 275. The van der Waals surface area contributed by atoms with Crippen LogP contribution >= 0.6 is 0 Å². The van der Waals surface area contributed by atoms with E-state index in [1.54, 1.807) is 0 Å². The fraction of sp³-hybridized carbons (Fsp3) is 0.929. The molecule has 0 heterocycles. The van der Waals surface area contributed by atoms with Crippen LogP contribution in [-0.4, -0.2) is 30.9 Å². The number of nitrogens with two attached hydrogens (primary N) is 1. The average Bonchev–Trinajstić information content (AvgIpc) is 2.92. The van der Waals surface area contributed by atoms with Gasteiger partial charge in [-0.05, 0) is 43.4 Å². The largest absolute Gasteiger partial charge is 0.345 e. The number of carbonyl (C=O) groups is 1. The summed E-state index contributed by atoms with van der Waals surface area (Å²) in [4.78, 5) is 14.1. The summed E-state index contributed by atoms with van der Waals surface area (Å²) in [5, 5.41) is 0. The fourth-order valence-electron chi connectivity index (χ4n) is 3.80. The van der Waals surface area contributed by atoms with Gasteiger partial charge in [-0.1, -0.05) is 13.3 Å². The lowest BCUT2D eigenvalue weighted by Gasteiger charge is -2.29. The Kier molecular flexibility index (Phi) is 4.08. The number of nitrogens with zero attached hydrogens (tertiary/aromatic N) is 1. The fourth-order valence-corrected chi connectivity index (χ4v) is 3.80. The van der Waals surface area contributed by atoms with E-state index in [4.69, 9.17) is 5.73 Å². The molecule has 3 nitrogen and oxygen atoms in total. The number of carbonyl (C=O) groups excluding carboxylic acids is 1. The molecule has 3 heteroatoms. The van der Waals surface area contributed by atoms with E-state index < -0.39 is 0 Å². The normalized spacial score (nSPS) is 32.8. The van der Waals surface area contributed by atoms with Gasteiger partial charge in [-0.3, -0.25) is 4.79 Å². The molecule has 98 valence electrons. The summed E-state index contributed by atoms with van der Waals surface area (Å²) in [7, 11) is 1.95. The Labute approximate surface area is 105 Å². The Hall–Kier alpha value is -0.570. The van der Waals surface area contributed by atoms with Gasteiger partial charge < -0.3 is 10.6 Å². The molecule has 2 saturated carbocycles. The van der Waals surface area contributed by atoms with E-state index in [0.717, 1.165) is 30.7 Å². The van der Waals surface area contributed by atoms with Crippen molar-refractivity contribution in [1.82, 2.24) is 4.90 Å². The first-order chi connectivity index (χ1) is 8.15. The predicted octanol–water partition coefficient (Wildman–Crippen LogP) is 1.87. The third-order valence-corrected chi connectivity index (χ3v) is 4.90. The monoisotopic (exact) mass is 238 g/mol. The maximum absolute atomic E-state index is 12.1. The highest BCUT2D eigenvalue weighted by Gasteiger charge is 2.40. The molecule has 4 atom stereocenters. The molecule has 0 aromatic heterocycles. The zero-order valence-electron chi connectivity index (χ0n) is 11.2. The van der Waals surface area contributed by atoms with Crippen LogP contribution in [0.4, 0.5) is 0 Å². The molecule has 2 bridgehead atoms. The Morgan fingerprint density at radius 1 is 1.41 bits per heavy atom. The van der Waals surface area contributed by atoms with E-state index in [9.17, 15) is 4.79 Å². The topological polar surface area (TPSA) is 46.3 Å². The quantitative estimate of drug-likeness (QED) is 0.794. The van der Waals surface area contributed by atoms with Crippen molar-refractivity contribution >= 4 is 5.91 Å². The van der Waals surface area contributed by atoms with Crippen LogP contribution in [0.5, 0.6) is 0 Å². The van der Waals surface area contributed by atoms with Crippen molar-refractivity contribution in [2.24, 2.45) is 29.4 Å². The molecule has 2 N–H and O–H groups in total. The predicted molar refractivity (Wildman–Crippen MR) is 69.4 cm³/mol. The van der Waals surface area contributed by atoms with Crippen LogP contribution in [0.25, 0.3) is 0 Å². The lowest BCUT2D eigenvalue weighted by molar-refractivity contribution is -0.134. The maximum atomic E-state index is 12.1. The van der Waals surface area contributed by atoms with E-state index in [0.29, 0.717) is 6.54 Å². The average molecular weight is 238 g/mol. The van der Waals surface area contributed by atoms with Gasteiger partial charge in [-0.15, -0.1) is 0 Å². The number of hydrogen-bond acceptors (Lipinski definition) is 2. The highest BCUT2D eigenvalue weighted by atomic mass is 16.2. The van der Waals surface area contributed by atoms with Crippen molar-refractivity contribution in [3.8, 4) is 0 Å². The maximum Gasteiger partial charge on any atom is 0.226 e. The van der Waals surface area contributed by atoms with Crippen LogP contribution in [0, 0.1) is 23.7 Å². The van der Waals surface area contributed by atoms with E-state index in [1.165, 1.54) is 25.7 Å². The van der Waals surface area contributed by atoms with Gasteiger partial charge in [0, 0.05) is 20.1 Å². The minimum atomic E-state index is 0.0265. The smallest absolute Gasteiger partial charge is 0.226 e. The van der Waals surface area contributed by atoms with Crippen molar-refractivity contribution in [2.75, 3.05) is 20.1 Å². The first-order valence-electron chi connectivity index (χ1n) is 7.10. The van der Waals surface area contributed by atoms with E-state index in [-0.39, 0.29) is 11.8 Å². The molecule has 0 aromatic rings. The minimum Gasteiger partial charge on any atom is -0.345 e. The van der Waals surface area contributed by atoms with Gasteiger partial charge in [-0.2, -0.15) is 0 Å². The first kappa shape index (κ1) is 12.9. The van der Waals surface area contributed by atoms with Gasteiger partial charge in [0.2, 0.25) is 5.91 Å². The Balaban J connectivity index is 1.84. The molecule has 2 aliphatic rings. The van der Waals surface area contributed by atoms with Crippen LogP contribution < -0.4 is 5.73 Å². The lowest BCUT2D eigenvalue weighted by atomic mass is 9.88. The Morgan fingerprint density at radius 3 is 2.65 bits per heavy atom. The van der Waals surface area contributed by atoms with Gasteiger partial charge in [0.15, 0.2) is 0 Å². The molecule has 0 aliphatic heterocycles. The third kappa shape index (κ3) is 2.65. The summed E-state index contributed by atoms with van der Waals surface area (Å²) in [6.07, 6.45) is 6.45. The summed E-state index contributed by atoms with van der Waals surface area (Å²) in [6, 6.07) is 0. The van der Waals surface area contributed by atoms with Crippen molar-refractivity contribution in [3.63, 3.8) is 0 Å². The van der Waals surface area contributed by atoms with E-state index in [2.05, 4.69) is 0 Å². The van der Waals surface area contributed by atoms with Gasteiger partial charge in [0.05, 0.1) is 5.92 Å². The van der Waals surface area contributed by atoms with Crippen molar-refractivity contribution < 1.29 is 4.79 Å². The highest BCUT2D eigenvalue weighted by Crippen LogP contribution is 2.48. The number of fused-ring (bicyclic) bond motifs is 2. The summed E-state index contributed by atoms with van der Waals surface area (Å²) in [5.41, 5.74) is 5.64. The second-order valence-corrected chi connectivity index (χ2v) is 5.99. The van der Waals surface area contributed by atoms with Crippen LogP contribution in [0.1, 0.15) is 39.0 Å². The van der Waals surface area contributed by atoms with Gasteiger partial charge in [-0.25, -0.2) is 0 Å². The zero-order chi connectivity index (χ0) is 12.4. The van der Waals surface area contributed by atoms with Gasteiger partial charge in [0.25, 0.3) is 0 Å². The van der Waals surface area contributed by atoms with Crippen LogP contribution in [0.3, 0.4) is 0 Å². The molecule has 0 radical (unpaired) electrons. The van der Waals surface area contributed by atoms with Gasteiger partial charge in [0.1, 0.15) is 0 Å². The van der Waals surface area contributed by atoms with E-state index in [1.807, 2.05) is 18.9 Å². The summed E-state index contributed by atoms with van der Waals surface area (Å²) >= 11 is 0. The molecule has 0 aromatic carbocycles. The molecule has 2 fully saturated rings. The molecule has 4 unspecified atom stereocenters. The van der Waals surface area contributed by atoms with E-state index >= 15 is 0 Å². The standard InChI is InChI=1S/C14H26N2O/c1-3-11(8-15)14(17)16(2)9-13-7-10-4-5-12(13)6-10/h10-13H,3-9,15H2,1-2H3. The van der Waals surface area contributed by atoms with Crippen LogP contribution in [0.2, 0.25) is 0 Å². The number of hydrogen-bond donors (Lipinski definition) is 1. The molecule has 0 spiro atoms. The molecule has 0 saturated heterocycles. The zero-order valence-corrected chi connectivity index (χ0v) is 11.2. The highest BCUT2D eigenvalue weighted by molar-refractivity contribution is 5.78. The number of amides is 1. The van der Waals surface area contributed by atoms with Crippen molar-refractivity contribution in [3.05, 3.63) is 0 Å². The minimum absolute atomic E-state index is 0.0265. The molecular weight excluding hydrogens is 212 g/mol. The van der Waals surface area contributed by atoms with Gasteiger partial charge >= 0.3 is 0 Å². The summed E-state index contributed by atoms with van der Waals surface area (Å²) < 4.78 is 0. The van der Waals surface area contributed by atoms with Crippen LogP contribution in [-0.2, 0) is 4.79 Å². The van der Waals surface area contributed by atoms with Crippen molar-refractivity contribution in [2.45, 2.75) is 39.0 Å². The van der Waals surface area contributed by atoms with Crippen LogP contribution in [0.15, 0.2) is 0 Å². The number of rotatable bonds is 5. The lowest BCUT2D eigenvalue weighted by Crippen LogP contribution is -2.39. The van der Waals surface area contributed by atoms with Crippen molar-refractivity contribution in [1.29, 1.82) is 0 Å². The summed E-state index contributed by atoms with van der Waals surface area (Å²) in [6.45, 7) is 3.48. The Morgan fingerprint density at radius 2 is 2.18 bits per heavy atom. The SMILES string of the molecule is CCC(CN)C(=O)N(C)CC1CC2CCC1C2. The molecular formula is C14H26N2O. The molecule has 17 heavy (non-hydrogen) atoms. The third-order valence-electron chi connectivity index (χ3n) is 4.90. The second-order valence-electron chi connectivity index (χ2n) is 5.99. The first-order valence-corrected chi connectivity index (χ1v) is 7.10. The summed E-state index contributed by atoms with van der Waals surface area (Å²) in [5.74, 6) is 2.90. The molecule has 1 amide bonds. The second kappa shape index (κ2) is 5.38. The molecule has 2 aliphatic carbocycles. The molecule has 2 rings (SSSR count).